The lowest BCUT2D eigenvalue weighted by atomic mass is 10.1. The molecule has 4 aromatic rings. The van der Waals surface area contributed by atoms with Crippen LogP contribution in [0.15, 0.2) is 65.4 Å². The first-order chi connectivity index (χ1) is 13.0. The van der Waals surface area contributed by atoms with Gasteiger partial charge in [0.2, 0.25) is 0 Å². The molecule has 5 nitrogen and oxygen atoms in total. The molecule has 136 valence electrons. The second kappa shape index (κ2) is 7.21. The molecule has 2 N–H and O–H groups in total. The van der Waals surface area contributed by atoms with E-state index < -0.39 is 6.04 Å². The van der Waals surface area contributed by atoms with Crippen molar-refractivity contribution in [3.8, 4) is 0 Å². The summed E-state index contributed by atoms with van der Waals surface area (Å²) in [6.07, 6.45) is 3.57. The van der Waals surface area contributed by atoms with Gasteiger partial charge in [-0.2, -0.15) is 0 Å². The first-order valence-corrected chi connectivity index (χ1v) is 9.50. The third-order valence-electron chi connectivity index (χ3n) is 4.42. The van der Waals surface area contributed by atoms with Gasteiger partial charge in [0.1, 0.15) is 17.6 Å². The zero-order valence-corrected chi connectivity index (χ0v) is 16.8. The van der Waals surface area contributed by atoms with Gasteiger partial charge >= 0.3 is 0 Å². The van der Waals surface area contributed by atoms with Crippen LogP contribution < -0.4 is 5.32 Å². The summed E-state index contributed by atoms with van der Waals surface area (Å²) >= 11 is 9.46. The average Bonchev–Trinajstić information content (AvgIpc) is 3.26. The average molecular weight is 444 g/mol. The highest BCUT2D eigenvalue weighted by Crippen LogP contribution is 2.24. The van der Waals surface area contributed by atoms with Crippen molar-refractivity contribution in [1.29, 1.82) is 0 Å². The molecule has 0 aliphatic carbocycles. The minimum atomic E-state index is -0.395. The Bertz CT molecular complexity index is 1120. The molecule has 27 heavy (non-hydrogen) atoms. The summed E-state index contributed by atoms with van der Waals surface area (Å²) < 4.78 is 2.85. The van der Waals surface area contributed by atoms with Gasteiger partial charge in [-0.15, -0.1) is 0 Å². The van der Waals surface area contributed by atoms with Gasteiger partial charge in [0, 0.05) is 39.8 Å². The Labute approximate surface area is 169 Å². The van der Waals surface area contributed by atoms with E-state index in [0.29, 0.717) is 10.7 Å². The van der Waals surface area contributed by atoms with Gasteiger partial charge in [-0.1, -0.05) is 45.7 Å². The van der Waals surface area contributed by atoms with Crippen molar-refractivity contribution in [2.75, 3.05) is 0 Å². The largest absolute Gasteiger partial charge is 0.350 e. The number of fused-ring (bicyclic) bond motifs is 1. The summed E-state index contributed by atoms with van der Waals surface area (Å²) in [7, 11) is 1.90. The van der Waals surface area contributed by atoms with E-state index in [0.717, 1.165) is 26.8 Å². The number of imidazole rings is 1. The molecule has 0 fully saturated rings. The Hall–Kier alpha value is -2.57. The highest BCUT2D eigenvalue weighted by molar-refractivity contribution is 9.10. The maximum Gasteiger partial charge on any atom is 0.268 e. The monoisotopic (exact) mass is 442 g/mol. The molecule has 1 amide bonds. The standard InChI is InChI=1S/C20H16BrClN4O/c1-26-9-8-23-19(26)18(12-3-6-15(22)7-4-12)25-20(27)17-10-13-2-5-14(21)11-16(13)24-17/h2-11,18,24H,1H3,(H,25,27). The van der Waals surface area contributed by atoms with Gasteiger partial charge in [0.25, 0.3) is 5.91 Å². The number of carbonyl (C=O) groups is 1. The van der Waals surface area contributed by atoms with E-state index in [9.17, 15) is 4.79 Å². The van der Waals surface area contributed by atoms with Gasteiger partial charge in [0.15, 0.2) is 0 Å². The molecule has 4 rings (SSSR count). The molecule has 2 aromatic carbocycles. The number of hydrogen-bond acceptors (Lipinski definition) is 2. The van der Waals surface area contributed by atoms with E-state index in [1.165, 1.54) is 0 Å². The van der Waals surface area contributed by atoms with Crippen LogP contribution in [0.5, 0.6) is 0 Å². The molecule has 0 bridgehead atoms. The fourth-order valence-electron chi connectivity index (χ4n) is 3.04. The van der Waals surface area contributed by atoms with E-state index >= 15 is 0 Å². The van der Waals surface area contributed by atoms with Crippen molar-refractivity contribution in [1.82, 2.24) is 19.9 Å². The van der Waals surface area contributed by atoms with Crippen LogP contribution in [-0.4, -0.2) is 20.4 Å². The van der Waals surface area contributed by atoms with Gasteiger partial charge < -0.3 is 14.9 Å². The molecule has 0 radical (unpaired) electrons. The van der Waals surface area contributed by atoms with Crippen LogP contribution in [0.4, 0.5) is 0 Å². The summed E-state index contributed by atoms with van der Waals surface area (Å²) in [5.74, 6) is 0.537. The van der Waals surface area contributed by atoms with Gasteiger partial charge in [-0.3, -0.25) is 4.79 Å². The van der Waals surface area contributed by atoms with E-state index in [1.807, 2.05) is 54.2 Å². The highest BCUT2D eigenvalue weighted by atomic mass is 79.9. The molecule has 2 heterocycles. The number of aromatic amines is 1. The van der Waals surface area contributed by atoms with E-state index in [-0.39, 0.29) is 5.91 Å². The Morgan fingerprint density at radius 1 is 1.22 bits per heavy atom. The van der Waals surface area contributed by atoms with Crippen LogP contribution in [0.2, 0.25) is 5.02 Å². The van der Waals surface area contributed by atoms with Gasteiger partial charge in [0.05, 0.1) is 0 Å². The number of nitrogens with one attached hydrogen (secondary N) is 2. The lowest BCUT2D eigenvalue weighted by Crippen LogP contribution is -2.31. The van der Waals surface area contributed by atoms with Crippen LogP contribution in [0, 0.1) is 0 Å². The van der Waals surface area contributed by atoms with Crippen molar-refractivity contribution in [2.45, 2.75) is 6.04 Å². The minimum Gasteiger partial charge on any atom is -0.350 e. The van der Waals surface area contributed by atoms with Crippen molar-refractivity contribution in [3.05, 3.63) is 87.5 Å². The first kappa shape index (κ1) is 17.8. The number of nitrogens with zero attached hydrogens (tertiary/aromatic N) is 2. The van der Waals surface area contributed by atoms with Crippen LogP contribution in [0.3, 0.4) is 0 Å². The quantitative estimate of drug-likeness (QED) is 0.474. The van der Waals surface area contributed by atoms with Crippen molar-refractivity contribution in [3.63, 3.8) is 0 Å². The van der Waals surface area contributed by atoms with Crippen LogP contribution in [-0.2, 0) is 7.05 Å². The summed E-state index contributed by atoms with van der Waals surface area (Å²) in [5.41, 5.74) is 2.30. The molecule has 0 aliphatic rings. The molecule has 1 atom stereocenters. The molecule has 1 unspecified atom stereocenters. The molecular weight excluding hydrogens is 428 g/mol. The predicted molar refractivity (Wildman–Crippen MR) is 110 cm³/mol. The number of aromatic nitrogens is 3. The topological polar surface area (TPSA) is 62.7 Å². The molecule has 0 spiro atoms. The van der Waals surface area contributed by atoms with Crippen LogP contribution in [0.1, 0.15) is 27.9 Å². The normalized spacial score (nSPS) is 12.3. The van der Waals surface area contributed by atoms with Gasteiger partial charge in [-0.25, -0.2) is 4.98 Å². The lowest BCUT2D eigenvalue weighted by molar-refractivity contribution is 0.0937. The van der Waals surface area contributed by atoms with E-state index in [1.54, 1.807) is 18.3 Å². The fourth-order valence-corrected chi connectivity index (χ4v) is 3.53. The van der Waals surface area contributed by atoms with Crippen molar-refractivity contribution in [2.24, 2.45) is 7.05 Å². The number of H-pyrrole nitrogens is 1. The second-order valence-electron chi connectivity index (χ2n) is 6.27. The molecule has 7 heteroatoms. The SMILES string of the molecule is Cn1ccnc1C(NC(=O)c1cc2ccc(Br)cc2[nH]1)c1ccc(Cl)cc1. The highest BCUT2D eigenvalue weighted by Gasteiger charge is 2.22. The zero-order valence-electron chi connectivity index (χ0n) is 14.4. The minimum absolute atomic E-state index is 0.203. The Morgan fingerprint density at radius 2 is 2.00 bits per heavy atom. The number of aryl methyl sites for hydroxylation is 1. The summed E-state index contributed by atoms with van der Waals surface area (Å²) in [4.78, 5) is 20.5. The molecular formula is C20H16BrClN4O. The Morgan fingerprint density at radius 3 is 2.70 bits per heavy atom. The summed E-state index contributed by atoms with van der Waals surface area (Å²) in [6.45, 7) is 0. The number of rotatable bonds is 4. The molecule has 0 saturated carbocycles. The maximum atomic E-state index is 12.9. The molecule has 0 aliphatic heterocycles. The molecule has 2 aromatic heterocycles. The summed E-state index contributed by atoms with van der Waals surface area (Å²) in [5, 5.41) is 4.70. The first-order valence-electron chi connectivity index (χ1n) is 8.33. The third kappa shape index (κ3) is 3.63. The van der Waals surface area contributed by atoms with Gasteiger partial charge in [-0.05, 0) is 35.9 Å². The predicted octanol–water partition coefficient (Wildman–Crippen LogP) is 4.84. The lowest BCUT2D eigenvalue weighted by Gasteiger charge is -2.19. The third-order valence-corrected chi connectivity index (χ3v) is 5.17. The van der Waals surface area contributed by atoms with Crippen molar-refractivity contribution < 1.29 is 4.79 Å². The molecule has 0 saturated heterocycles. The number of amides is 1. The van der Waals surface area contributed by atoms with Crippen LogP contribution in [0.25, 0.3) is 10.9 Å². The number of benzene rings is 2. The number of hydrogen-bond donors (Lipinski definition) is 2. The zero-order chi connectivity index (χ0) is 19.0. The maximum absolute atomic E-state index is 12.9. The smallest absolute Gasteiger partial charge is 0.268 e. The van der Waals surface area contributed by atoms with E-state index in [4.69, 9.17) is 11.6 Å². The van der Waals surface area contributed by atoms with Crippen LogP contribution >= 0.6 is 27.5 Å². The Kier molecular flexibility index (Phi) is 4.76. The number of halogens is 2. The van der Waals surface area contributed by atoms with E-state index in [2.05, 4.69) is 31.2 Å². The number of carbonyl (C=O) groups excluding carboxylic acids is 1. The summed E-state index contributed by atoms with van der Waals surface area (Å²) in [6, 6.07) is 14.7. The fraction of sp³-hybridized carbons (Fsp3) is 0.100. The second-order valence-corrected chi connectivity index (χ2v) is 7.62. The Balaban J connectivity index is 1.68. The van der Waals surface area contributed by atoms with Crippen molar-refractivity contribution >= 4 is 44.3 Å².